The van der Waals surface area contributed by atoms with Gasteiger partial charge in [0.05, 0.1) is 11.4 Å². The molecule has 0 unspecified atom stereocenters. The van der Waals surface area contributed by atoms with Gasteiger partial charge in [0.2, 0.25) is 5.91 Å². The van der Waals surface area contributed by atoms with Crippen molar-refractivity contribution in [3.8, 4) is 0 Å². The minimum Gasteiger partial charge on any atom is -0.397 e. The Morgan fingerprint density at radius 3 is 2.65 bits per heavy atom. The van der Waals surface area contributed by atoms with Crippen LogP contribution in [0.2, 0.25) is 0 Å². The zero-order chi connectivity index (χ0) is 14.1. The number of fused-ring (bicyclic) bond motifs is 1. The molecule has 0 aliphatic carbocycles. The van der Waals surface area contributed by atoms with Gasteiger partial charge in [-0.25, -0.2) is 4.39 Å². The van der Waals surface area contributed by atoms with E-state index in [1.54, 1.807) is 18.2 Å². The highest BCUT2D eigenvalue weighted by Crippen LogP contribution is 2.32. The van der Waals surface area contributed by atoms with Gasteiger partial charge in [0.15, 0.2) is 0 Å². The number of carbonyl (C=O) groups is 1. The Balaban J connectivity index is 1.90. The van der Waals surface area contributed by atoms with Crippen molar-refractivity contribution in [1.82, 2.24) is 0 Å². The van der Waals surface area contributed by atoms with Gasteiger partial charge in [0.1, 0.15) is 5.82 Å². The van der Waals surface area contributed by atoms with E-state index in [2.05, 4.69) is 10.6 Å². The van der Waals surface area contributed by atoms with Crippen molar-refractivity contribution in [3.63, 3.8) is 0 Å². The molecule has 1 aliphatic heterocycles. The first kappa shape index (κ1) is 12.5. The summed E-state index contributed by atoms with van der Waals surface area (Å²) >= 11 is 0. The van der Waals surface area contributed by atoms with Crippen molar-refractivity contribution in [2.45, 2.75) is 12.8 Å². The van der Waals surface area contributed by atoms with Crippen LogP contribution >= 0.6 is 0 Å². The molecule has 0 saturated carbocycles. The highest BCUT2D eigenvalue weighted by atomic mass is 19.1. The molecule has 1 aliphatic rings. The summed E-state index contributed by atoms with van der Waals surface area (Å²) in [5, 5.41) is 5.96. The first-order valence-corrected chi connectivity index (χ1v) is 6.36. The van der Waals surface area contributed by atoms with E-state index in [4.69, 9.17) is 5.73 Å². The van der Waals surface area contributed by atoms with Gasteiger partial charge < -0.3 is 16.4 Å². The lowest BCUT2D eigenvalue weighted by atomic mass is 10.0. The van der Waals surface area contributed by atoms with Crippen LogP contribution in [0.3, 0.4) is 0 Å². The summed E-state index contributed by atoms with van der Waals surface area (Å²) in [4.78, 5) is 11.3. The van der Waals surface area contributed by atoms with E-state index in [0.717, 1.165) is 22.6 Å². The second-order valence-electron chi connectivity index (χ2n) is 4.78. The van der Waals surface area contributed by atoms with Crippen molar-refractivity contribution in [3.05, 3.63) is 47.8 Å². The van der Waals surface area contributed by atoms with Crippen LogP contribution in [0.15, 0.2) is 36.4 Å². The van der Waals surface area contributed by atoms with Crippen LogP contribution < -0.4 is 16.4 Å². The van der Waals surface area contributed by atoms with E-state index in [9.17, 15) is 9.18 Å². The quantitative estimate of drug-likeness (QED) is 0.735. The zero-order valence-electron chi connectivity index (χ0n) is 10.7. The molecule has 3 rings (SSSR count). The minimum absolute atomic E-state index is 0.0103. The molecule has 0 fully saturated rings. The van der Waals surface area contributed by atoms with Crippen LogP contribution in [0.4, 0.5) is 27.1 Å². The lowest BCUT2D eigenvalue weighted by molar-refractivity contribution is -0.116. The second-order valence-corrected chi connectivity index (χ2v) is 4.78. The van der Waals surface area contributed by atoms with Crippen LogP contribution in [0.25, 0.3) is 0 Å². The lowest BCUT2D eigenvalue weighted by Gasteiger charge is -2.19. The minimum atomic E-state index is -0.281. The normalized spacial score (nSPS) is 13.6. The maximum atomic E-state index is 12.9. The average molecular weight is 271 g/mol. The smallest absolute Gasteiger partial charge is 0.224 e. The molecule has 102 valence electrons. The van der Waals surface area contributed by atoms with E-state index in [1.165, 1.54) is 12.1 Å². The standard InChI is InChI=1S/C15H14FN3O/c16-10-2-4-11(5-3-10)18-14-7-9-1-6-15(20)19-13(9)8-12(14)17/h2-5,7-8,18H,1,6,17H2,(H,19,20). The Morgan fingerprint density at radius 2 is 1.90 bits per heavy atom. The third kappa shape index (κ3) is 2.42. The Labute approximate surface area is 115 Å². The maximum Gasteiger partial charge on any atom is 0.224 e. The Bertz CT molecular complexity index is 668. The van der Waals surface area contributed by atoms with Gasteiger partial charge in [0, 0.05) is 17.8 Å². The summed E-state index contributed by atoms with van der Waals surface area (Å²) in [6.07, 6.45) is 1.17. The van der Waals surface area contributed by atoms with Gasteiger partial charge in [-0.05, 0) is 48.4 Å². The predicted molar refractivity (Wildman–Crippen MR) is 77.5 cm³/mol. The molecular weight excluding hydrogens is 257 g/mol. The molecule has 20 heavy (non-hydrogen) atoms. The summed E-state index contributed by atoms with van der Waals surface area (Å²) in [6, 6.07) is 9.74. The van der Waals surface area contributed by atoms with E-state index in [1.807, 2.05) is 6.07 Å². The third-order valence-corrected chi connectivity index (χ3v) is 3.29. The molecule has 2 aromatic rings. The summed E-state index contributed by atoms with van der Waals surface area (Å²) in [6.45, 7) is 0. The highest BCUT2D eigenvalue weighted by molar-refractivity contribution is 5.95. The van der Waals surface area contributed by atoms with Crippen LogP contribution in [0, 0.1) is 5.82 Å². The van der Waals surface area contributed by atoms with Crippen molar-refractivity contribution in [2.75, 3.05) is 16.4 Å². The van der Waals surface area contributed by atoms with Crippen LogP contribution in [0.5, 0.6) is 0 Å². The lowest BCUT2D eigenvalue weighted by Crippen LogP contribution is -2.19. The molecule has 0 bridgehead atoms. The fourth-order valence-corrected chi connectivity index (χ4v) is 2.24. The Hall–Kier alpha value is -2.56. The number of halogens is 1. The number of aryl methyl sites for hydroxylation is 1. The number of nitrogens with one attached hydrogen (secondary N) is 2. The molecule has 1 amide bonds. The second kappa shape index (κ2) is 4.85. The molecule has 4 nitrogen and oxygen atoms in total. The number of hydrogen-bond donors (Lipinski definition) is 3. The molecule has 1 heterocycles. The first-order chi connectivity index (χ1) is 9.61. The summed E-state index contributed by atoms with van der Waals surface area (Å²) in [7, 11) is 0. The molecular formula is C15H14FN3O. The number of rotatable bonds is 2. The number of anilines is 4. The predicted octanol–water partition coefficient (Wildman–Crippen LogP) is 3.04. The molecule has 2 aromatic carbocycles. The number of nitrogens with two attached hydrogens (primary N) is 1. The van der Waals surface area contributed by atoms with Crippen LogP contribution in [0.1, 0.15) is 12.0 Å². The van der Waals surface area contributed by atoms with Gasteiger partial charge in [0.25, 0.3) is 0 Å². The Kier molecular flexibility index (Phi) is 3.02. The van der Waals surface area contributed by atoms with Gasteiger partial charge in [-0.15, -0.1) is 0 Å². The van der Waals surface area contributed by atoms with Gasteiger partial charge in [-0.3, -0.25) is 4.79 Å². The van der Waals surface area contributed by atoms with Gasteiger partial charge in [-0.1, -0.05) is 0 Å². The number of benzene rings is 2. The van der Waals surface area contributed by atoms with E-state index >= 15 is 0 Å². The van der Waals surface area contributed by atoms with Crippen molar-refractivity contribution in [1.29, 1.82) is 0 Å². The van der Waals surface area contributed by atoms with E-state index < -0.39 is 0 Å². The Morgan fingerprint density at radius 1 is 1.15 bits per heavy atom. The van der Waals surface area contributed by atoms with Crippen molar-refractivity contribution >= 4 is 28.7 Å². The number of amides is 1. The van der Waals surface area contributed by atoms with Crippen LogP contribution in [-0.2, 0) is 11.2 Å². The third-order valence-electron chi connectivity index (χ3n) is 3.29. The molecule has 5 heteroatoms. The number of nitrogen functional groups attached to an aromatic ring is 1. The van der Waals surface area contributed by atoms with Crippen molar-refractivity contribution < 1.29 is 9.18 Å². The number of carbonyl (C=O) groups excluding carboxylic acids is 1. The van der Waals surface area contributed by atoms with Crippen molar-refractivity contribution in [2.24, 2.45) is 0 Å². The molecule has 0 spiro atoms. The topological polar surface area (TPSA) is 67.1 Å². The fraction of sp³-hybridized carbons (Fsp3) is 0.133. The number of hydrogen-bond acceptors (Lipinski definition) is 3. The summed E-state index contributed by atoms with van der Waals surface area (Å²) < 4.78 is 12.9. The molecule has 0 radical (unpaired) electrons. The van der Waals surface area contributed by atoms with E-state index in [-0.39, 0.29) is 11.7 Å². The maximum absolute atomic E-state index is 12.9. The molecule has 4 N–H and O–H groups in total. The SMILES string of the molecule is Nc1cc2c(cc1Nc1ccc(F)cc1)CCC(=O)N2. The van der Waals surface area contributed by atoms with E-state index in [0.29, 0.717) is 18.5 Å². The summed E-state index contributed by atoms with van der Waals surface area (Å²) in [5.41, 5.74) is 9.85. The highest BCUT2D eigenvalue weighted by Gasteiger charge is 2.16. The first-order valence-electron chi connectivity index (χ1n) is 6.36. The molecule has 0 atom stereocenters. The molecule has 0 saturated heterocycles. The fourth-order valence-electron chi connectivity index (χ4n) is 2.24. The zero-order valence-corrected chi connectivity index (χ0v) is 10.7. The monoisotopic (exact) mass is 271 g/mol. The summed E-state index contributed by atoms with van der Waals surface area (Å²) in [5.74, 6) is -0.271. The average Bonchev–Trinajstić information content (AvgIpc) is 2.42. The van der Waals surface area contributed by atoms with Crippen LogP contribution in [-0.4, -0.2) is 5.91 Å². The molecule has 0 aromatic heterocycles. The largest absolute Gasteiger partial charge is 0.397 e. The van der Waals surface area contributed by atoms with Gasteiger partial charge in [-0.2, -0.15) is 0 Å². The van der Waals surface area contributed by atoms with Gasteiger partial charge >= 0.3 is 0 Å².